The maximum Gasteiger partial charge on any atom is 0.0460 e. The summed E-state index contributed by atoms with van der Waals surface area (Å²) in [6.45, 7) is 4.65. The molecule has 2 heteroatoms. The maximum atomic E-state index is 8.79. The number of aliphatic hydroxyl groups excluding tert-OH is 2. The van der Waals surface area contributed by atoms with Gasteiger partial charge in [-0.2, -0.15) is 0 Å². The molecule has 1 atom stereocenters. The zero-order valence-corrected chi connectivity index (χ0v) is 6.88. The van der Waals surface area contributed by atoms with Crippen LogP contribution in [0.15, 0.2) is 0 Å². The van der Waals surface area contributed by atoms with Crippen LogP contribution in [-0.2, 0) is 0 Å². The molecule has 0 fully saturated rings. The maximum absolute atomic E-state index is 8.79. The van der Waals surface area contributed by atoms with Crippen LogP contribution in [-0.4, -0.2) is 23.4 Å². The minimum absolute atomic E-state index is 0.192. The zero-order chi connectivity index (χ0) is 7.98. The van der Waals surface area contributed by atoms with Gasteiger partial charge >= 0.3 is 0 Å². The Kier molecular flexibility index (Phi) is 5.64. The molecule has 0 aromatic carbocycles. The molecule has 0 rings (SSSR count). The molecule has 62 valence electrons. The molecule has 0 aromatic heterocycles. The van der Waals surface area contributed by atoms with E-state index in [0.29, 0.717) is 11.8 Å². The second kappa shape index (κ2) is 5.69. The van der Waals surface area contributed by atoms with Gasteiger partial charge in [0.15, 0.2) is 0 Å². The minimum atomic E-state index is 0.192. The summed E-state index contributed by atoms with van der Waals surface area (Å²) in [5, 5.41) is 17.4. The highest BCUT2D eigenvalue weighted by Crippen LogP contribution is 2.13. The Morgan fingerprint density at radius 3 is 2.10 bits per heavy atom. The second-order valence-corrected chi connectivity index (χ2v) is 3.19. The first-order valence-corrected chi connectivity index (χ1v) is 3.92. The normalized spacial score (nSPS) is 14.1. The molecule has 0 aliphatic carbocycles. The summed E-state index contributed by atoms with van der Waals surface area (Å²) in [7, 11) is 0. The molecule has 0 aromatic rings. The zero-order valence-electron chi connectivity index (χ0n) is 6.88. The van der Waals surface area contributed by atoms with E-state index in [0.717, 1.165) is 12.8 Å². The third-order valence-electron chi connectivity index (χ3n) is 1.60. The lowest BCUT2D eigenvalue weighted by atomic mass is 9.95. The minimum Gasteiger partial charge on any atom is -0.396 e. The fraction of sp³-hybridized carbons (Fsp3) is 1.00. The Morgan fingerprint density at radius 2 is 1.80 bits per heavy atom. The Hall–Kier alpha value is -0.0800. The first-order valence-electron chi connectivity index (χ1n) is 3.92. The van der Waals surface area contributed by atoms with E-state index >= 15 is 0 Å². The summed E-state index contributed by atoms with van der Waals surface area (Å²) in [6.07, 6.45) is 1.74. The average Bonchev–Trinajstić information content (AvgIpc) is 1.86. The van der Waals surface area contributed by atoms with Crippen molar-refractivity contribution in [3.8, 4) is 0 Å². The Balaban J connectivity index is 3.39. The van der Waals surface area contributed by atoms with E-state index in [1.54, 1.807) is 0 Å². The van der Waals surface area contributed by atoms with E-state index in [9.17, 15) is 0 Å². The van der Waals surface area contributed by atoms with Crippen LogP contribution >= 0.6 is 0 Å². The van der Waals surface area contributed by atoms with Crippen molar-refractivity contribution in [2.45, 2.75) is 26.7 Å². The van der Waals surface area contributed by atoms with Crippen LogP contribution in [0.25, 0.3) is 0 Å². The average molecular weight is 146 g/mol. The molecular weight excluding hydrogens is 128 g/mol. The van der Waals surface area contributed by atoms with Crippen molar-refractivity contribution < 1.29 is 10.2 Å². The van der Waals surface area contributed by atoms with Crippen molar-refractivity contribution in [3.63, 3.8) is 0 Å². The molecule has 0 radical (unpaired) electrons. The van der Waals surface area contributed by atoms with Crippen molar-refractivity contribution in [1.82, 2.24) is 0 Å². The molecule has 0 amide bonds. The Bertz CT molecular complexity index is 71.7. The summed E-state index contributed by atoms with van der Waals surface area (Å²) in [4.78, 5) is 0. The molecule has 10 heavy (non-hydrogen) atoms. The summed E-state index contributed by atoms with van der Waals surface area (Å²) in [5.74, 6) is 0.911. The Morgan fingerprint density at radius 1 is 1.20 bits per heavy atom. The smallest absolute Gasteiger partial charge is 0.0460 e. The van der Waals surface area contributed by atoms with Crippen molar-refractivity contribution in [2.24, 2.45) is 11.8 Å². The van der Waals surface area contributed by atoms with Gasteiger partial charge in [0.2, 0.25) is 0 Å². The predicted octanol–water partition coefficient (Wildman–Crippen LogP) is 1.02. The highest BCUT2D eigenvalue weighted by molar-refractivity contribution is 4.59. The molecule has 0 spiro atoms. The van der Waals surface area contributed by atoms with Crippen LogP contribution < -0.4 is 0 Å². The van der Waals surface area contributed by atoms with Gasteiger partial charge in [0.1, 0.15) is 0 Å². The van der Waals surface area contributed by atoms with Crippen molar-refractivity contribution in [1.29, 1.82) is 0 Å². The standard InChI is InChI=1S/C8H18O2/c1-7(2)5-8(6-10)3-4-9/h7-10H,3-6H2,1-2H3/t8-/m0/s1. The lowest BCUT2D eigenvalue weighted by molar-refractivity contribution is 0.167. The summed E-state index contributed by atoms with van der Waals surface area (Å²) < 4.78 is 0. The van der Waals surface area contributed by atoms with E-state index in [1.165, 1.54) is 0 Å². The number of hydrogen-bond donors (Lipinski definition) is 2. The van der Waals surface area contributed by atoms with Crippen LogP contribution in [0.4, 0.5) is 0 Å². The molecule has 0 saturated heterocycles. The third-order valence-corrected chi connectivity index (χ3v) is 1.60. The molecule has 0 heterocycles. The first kappa shape index (κ1) is 9.92. The van der Waals surface area contributed by atoms with Gasteiger partial charge in [0, 0.05) is 13.2 Å². The number of rotatable bonds is 5. The van der Waals surface area contributed by atoms with Gasteiger partial charge in [0.25, 0.3) is 0 Å². The van der Waals surface area contributed by atoms with Gasteiger partial charge in [-0.25, -0.2) is 0 Å². The first-order chi connectivity index (χ1) is 4.70. The van der Waals surface area contributed by atoms with Gasteiger partial charge in [-0.15, -0.1) is 0 Å². The van der Waals surface area contributed by atoms with Gasteiger partial charge in [-0.1, -0.05) is 13.8 Å². The topological polar surface area (TPSA) is 40.5 Å². The SMILES string of the molecule is CC(C)C[C@@H](CO)CCO. The molecule has 0 aliphatic rings. The molecule has 2 N–H and O–H groups in total. The van der Waals surface area contributed by atoms with Gasteiger partial charge in [-0.05, 0) is 24.7 Å². The van der Waals surface area contributed by atoms with Crippen LogP contribution in [0, 0.1) is 11.8 Å². The van der Waals surface area contributed by atoms with E-state index in [-0.39, 0.29) is 13.2 Å². The summed E-state index contributed by atoms with van der Waals surface area (Å²) in [6, 6.07) is 0. The fourth-order valence-corrected chi connectivity index (χ4v) is 1.13. The van der Waals surface area contributed by atoms with E-state index in [1.807, 2.05) is 0 Å². The molecule has 2 nitrogen and oxygen atoms in total. The van der Waals surface area contributed by atoms with Crippen molar-refractivity contribution >= 4 is 0 Å². The number of aliphatic hydroxyl groups is 2. The van der Waals surface area contributed by atoms with Crippen LogP contribution in [0.3, 0.4) is 0 Å². The van der Waals surface area contributed by atoms with E-state index < -0.39 is 0 Å². The molecule has 0 aliphatic heterocycles. The highest BCUT2D eigenvalue weighted by Gasteiger charge is 2.07. The molecule has 0 bridgehead atoms. The largest absolute Gasteiger partial charge is 0.396 e. The van der Waals surface area contributed by atoms with E-state index in [2.05, 4.69) is 13.8 Å². The number of hydrogen-bond acceptors (Lipinski definition) is 2. The van der Waals surface area contributed by atoms with Gasteiger partial charge in [0.05, 0.1) is 0 Å². The Labute approximate surface area is 62.9 Å². The molecule has 0 saturated carbocycles. The molecule has 0 unspecified atom stereocenters. The monoisotopic (exact) mass is 146 g/mol. The van der Waals surface area contributed by atoms with Crippen molar-refractivity contribution in [3.05, 3.63) is 0 Å². The summed E-state index contributed by atoms with van der Waals surface area (Å²) >= 11 is 0. The predicted molar refractivity (Wildman–Crippen MR) is 41.7 cm³/mol. The summed E-state index contributed by atoms with van der Waals surface area (Å²) in [5.41, 5.74) is 0. The van der Waals surface area contributed by atoms with Crippen molar-refractivity contribution in [2.75, 3.05) is 13.2 Å². The molecular formula is C8H18O2. The second-order valence-electron chi connectivity index (χ2n) is 3.19. The quantitative estimate of drug-likeness (QED) is 0.608. The van der Waals surface area contributed by atoms with Gasteiger partial charge < -0.3 is 10.2 Å². The lowest BCUT2D eigenvalue weighted by Gasteiger charge is -2.14. The van der Waals surface area contributed by atoms with Crippen LogP contribution in [0.1, 0.15) is 26.7 Å². The fourth-order valence-electron chi connectivity index (χ4n) is 1.13. The third kappa shape index (κ3) is 4.77. The van der Waals surface area contributed by atoms with E-state index in [4.69, 9.17) is 10.2 Å². The van der Waals surface area contributed by atoms with Crippen LogP contribution in [0.5, 0.6) is 0 Å². The van der Waals surface area contributed by atoms with Gasteiger partial charge in [-0.3, -0.25) is 0 Å². The lowest BCUT2D eigenvalue weighted by Crippen LogP contribution is -2.10. The highest BCUT2D eigenvalue weighted by atomic mass is 16.3. The van der Waals surface area contributed by atoms with Crippen LogP contribution in [0.2, 0.25) is 0 Å².